The Balaban J connectivity index is 2.12. The van der Waals surface area contributed by atoms with Crippen molar-refractivity contribution in [2.45, 2.75) is 38.5 Å². The van der Waals surface area contributed by atoms with Gasteiger partial charge >= 0.3 is 5.97 Å². The van der Waals surface area contributed by atoms with E-state index in [-0.39, 0.29) is 18.2 Å². The number of rotatable bonds is 10. The molecule has 0 atom stereocenters. The van der Waals surface area contributed by atoms with Crippen molar-refractivity contribution in [3.8, 4) is 0 Å². The maximum atomic E-state index is 11.5. The second-order valence-electron chi connectivity index (χ2n) is 5.16. The number of hydrogen-bond donors (Lipinski definition) is 4. The number of aryl methyl sites for hydroxylation is 1. The first-order valence-electron chi connectivity index (χ1n) is 7.41. The van der Waals surface area contributed by atoms with E-state index in [0.29, 0.717) is 24.9 Å². The third-order valence-electron chi connectivity index (χ3n) is 3.27. The van der Waals surface area contributed by atoms with E-state index in [0.717, 1.165) is 24.8 Å². The first-order valence-corrected chi connectivity index (χ1v) is 7.41. The maximum absolute atomic E-state index is 11.5. The molecule has 5 N–H and O–H groups in total. The van der Waals surface area contributed by atoms with Crippen molar-refractivity contribution in [2.75, 3.05) is 6.54 Å². The molecule has 0 unspecified atom stereocenters. The molecule has 1 amide bonds. The quantitative estimate of drug-likeness (QED) is 0.299. The SMILES string of the molecule is N=C(N)c1ccc(CCCCC(=O)NCCCC(=O)O)cc1. The van der Waals surface area contributed by atoms with Gasteiger partial charge in [0.2, 0.25) is 5.91 Å². The molecule has 22 heavy (non-hydrogen) atoms. The van der Waals surface area contributed by atoms with Gasteiger partial charge in [-0.1, -0.05) is 24.3 Å². The summed E-state index contributed by atoms with van der Waals surface area (Å²) < 4.78 is 0. The molecule has 0 aromatic heterocycles. The second-order valence-corrected chi connectivity index (χ2v) is 5.16. The summed E-state index contributed by atoms with van der Waals surface area (Å²) in [5, 5.41) is 18.5. The van der Waals surface area contributed by atoms with Crippen LogP contribution < -0.4 is 11.1 Å². The number of carboxylic acids is 1. The molecule has 0 bridgehead atoms. The Labute approximate surface area is 130 Å². The number of hydrogen-bond acceptors (Lipinski definition) is 3. The number of nitrogen functional groups attached to an aromatic ring is 1. The summed E-state index contributed by atoms with van der Waals surface area (Å²) >= 11 is 0. The lowest BCUT2D eigenvalue weighted by atomic mass is 10.0. The Hall–Kier alpha value is -2.37. The third-order valence-corrected chi connectivity index (χ3v) is 3.27. The van der Waals surface area contributed by atoms with Crippen LogP contribution in [-0.4, -0.2) is 29.4 Å². The minimum Gasteiger partial charge on any atom is -0.481 e. The zero-order valence-electron chi connectivity index (χ0n) is 12.6. The van der Waals surface area contributed by atoms with Crippen LogP contribution in [0, 0.1) is 5.41 Å². The van der Waals surface area contributed by atoms with Crippen LogP contribution in [0.15, 0.2) is 24.3 Å². The van der Waals surface area contributed by atoms with Crippen LogP contribution in [0.5, 0.6) is 0 Å². The van der Waals surface area contributed by atoms with Crippen LogP contribution in [0.25, 0.3) is 0 Å². The standard InChI is InChI=1S/C16H23N3O3/c17-16(18)13-9-7-12(8-10-13)4-1-2-5-14(20)19-11-3-6-15(21)22/h7-10H,1-6,11H2,(H3,17,18)(H,19,20)(H,21,22). The van der Waals surface area contributed by atoms with E-state index in [9.17, 15) is 9.59 Å². The molecule has 6 heteroatoms. The van der Waals surface area contributed by atoms with E-state index >= 15 is 0 Å². The van der Waals surface area contributed by atoms with Gasteiger partial charge in [0.15, 0.2) is 0 Å². The number of amidine groups is 1. The first kappa shape index (κ1) is 17.7. The van der Waals surface area contributed by atoms with Gasteiger partial charge in [0.1, 0.15) is 5.84 Å². The van der Waals surface area contributed by atoms with Gasteiger partial charge in [-0.05, 0) is 31.2 Å². The Bertz CT molecular complexity index is 512. The largest absolute Gasteiger partial charge is 0.481 e. The lowest BCUT2D eigenvalue weighted by molar-refractivity contribution is -0.137. The average molecular weight is 305 g/mol. The number of unbranched alkanes of at least 4 members (excludes halogenated alkanes) is 1. The number of carbonyl (C=O) groups excluding carboxylic acids is 1. The van der Waals surface area contributed by atoms with Gasteiger partial charge < -0.3 is 16.2 Å². The van der Waals surface area contributed by atoms with Crippen molar-refractivity contribution in [2.24, 2.45) is 5.73 Å². The minimum atomic E-state index is -0.843. The van der Waals surface area contributed by atoms with Gasteiger partial charge in [0.05, 0.1) is 0 Å². The first-order chi connectivity index (χ1) is 10.5. The summed E-state index contributed by atoms with van der Waals surface area (Å²) in [6, 6.07) is 7.55. The molecule has 0 aliphatic rings. The van der Waals surface area contributed by atoms with Crippen molar-refractivity contribution >= 4 is 17.7 Å². The smallest absolute Gasteiger partial charge is 0.303 e. The molecule has 0 saturated carbocycles. The predicted octanol–water partition coefficient (Wildman–Crippen LogP) is 1.66. The van der Waals surface area contributed by atoms with E-state index < -0.39 is 5.97 Å². The summed E-state index contributed by atoms with van der Waals surface area (Å²) in [5.74, 6) is -0.812. The number of nitrogens with two attached hydrogens (primary N) is 1. The number of amides is 1. The summed E-state index contributed by atoms with van der Waals surface area (Å²) in [6.45, 7) is 0.414. The summed E-state index contributed by atoms with van der Waals surface area (Å²) in [6.07, 6.45) is 3.57. The number of carboxylic acid groups (broad SMARTS) is 1. The Morgan fingerprint density at radius 2 is 1.77 bits per heavy atom. The fourth-order valence-corrected chi connectivity index (χ4v) is 2.02. The van der Waals surface area contributed by atoms with E-state index in [1.165, 1.54) is 0 Å². The Morgan fingerprint density at radius 1 is 1.09 bits per heavy atom. The molecule has 6 nitrogen and oxygen atoms in total. The monoisotopic (exact) mass is 305 g/mol. The van der Waals surface area contributed by atoms with Gasteiger partial charge in [-0.2, -0.15) is 0 Å². The van der Waals surface area contributed by atoms with E-state index in [1.807, 2.05) is 24.3 Å². The fourth-order valence-electron chi connectivity index (χ4n) is 2.02. The molecule has 0 aliphatic carbocycles. The molecule has 0 aliphatic heterocycles. The lowest BCUT2D eigenvalue weighted by Crippen LogP contribution is -2.24. The van der Waals surface area contributed by atoms with Crippen molar-refractivity contribution in [1.82, 2.24) is 5.32 Å². The highest BCUT2D eigenvalue weighted by atomic mass is 16.4. The van der Waals surface area contributed by atoms with Gasteiger partial charge in [-0.3, -0.25) is 15.0 Å². The Morgan fingerprint density at radius 3 is 2.36 bits per heavy atom. The van der Waals surface area contributed by atoms with Crippen molar-refractivity contribution < 1.29 is 14.7 Å². The average Bonchev–Trinajstić information content (AvgIpc) is 2.48. The summed E-state index contributed by atoms with van der Waals surface area (Å²) in [7, 11) is 0. The van der Waals surface area contributed by atoms with Crippen LogP contribution in [0.1, 0.15) is 43.2 Å². The molecule has 1 rings (SSSR count). The molecule has 0 radical (unpaired) electrons. The number of benzene rings is 1. The molecular formula is C16H23N3O3. The van der Waals surface area contributed by atoms with Crippen LogP contribution in [0.2, 0.25) is 0 Å². The molecule has 0 saturated heterocycles. The molecule has 120 valence electrons. The van der Waals surface area contributed by atoms with Crippen molar-refractivity contribution in [3.63, 3.8) is 0 Å². The molecule has 1 aromatic carbocycles. The fraction of sp³-hybridized carbons (Fsp3) is 0.438. The number of nitrogens with one attached hydrogen (secondary N) is 2. The normalized spacial score (nSPS) is 10.2. The summed E-state index contributed by atoms with van der Waals surface area (Å²) in [5.41, 5.74) is 7.26. The van der Waals surface area contributed by atoms with E-state index in [2.05, 4.69) is 5.32 Å². The molecule has 0 spiro atoms. The van der Waals surface area contributed by atoms with E-state index in [1.54, 1.807) is 0 Å². The second kappa shape index (κ2) is 9.55. The van der Waals surface area contributed by atoms with Gasteiger partial charge in [0, 0.05) is 24.9 Å². The molecule has 1 aromatic rings. The highest BCUT2D eigenvalue weighted by Gasteiger charge is 2.03. The zero-order chi connectivity index (χ0) is 16.4. The number of carbonyl (C=O) groups is 2. The summed E-state index contributed by atoms with van der Waals surface area (Å²) in [4.78, 5) is 21.8. The molecule has 0 fully saturated rings. The highest BCUT2D eigenvalue weighted by Crippen LogP contribution is 2.08. The highest BCUT2D eigenvalue weighted by molar-refractivity contribution is 5.94. The van der Waals surface area contributed by atoms with Crippen molar-refractivity contribution in [1.29, 1.82) is 5.41 Å². The lowest BCUT2D eigenvalue weighted by Gasteiger charge is -2.05. The topological polar surface area (TPSA) is 116 Å². The van der Waals surface area contributed by atoms with Crippen molar-refractivity contribution in [3.05, 3.63) is 35.4 Å². The third kappa shape index (κ3) is 7.42. The minimum absolute atomic E-state index is 0.0303. The van der Waals surface area contributed by atoms with Crippen LogP contribution in [-0.2, 0) is 16.0 Å². The van der Waals surface area contributed by atoms with Crippen LogP contribution in [0.3, 0.4) is 0 Å². The van der Waals surface area contributed by atoms with Gasteiger partial charge in [-0.25, -0.2) is 0 Å². The Kier molecular flexibility index (Phi) is 7.67. The zero-order valence-corrected chi connectivity index (χ0v) is 12.6. The van der Waals surface area contributed by atoms with Gasteiger partial charge in [-0.15, -0.1) is 0 Å². The van der Waals surface area contributed by atoms with Crippen LogP contribution >= 0.6 is 0 Å². The number of aliphatic carboxylic acids is 1. The maximum Gasteiger partial charge on any atom is 0.303 e. The van der Waals surface area contributed by atoms with Gasteiger partial charge in [0.25, 0.3) is 0 Å². The molecular weight excluding hydrogens is 282 g/mol. The van der Waals surface area contributed by atoms with Crippen LogP contribution in [0.4, 0.5) is 0 Å². The molecule has 0 heterocycles. The van der Waals surface area contributed by atoms with E-state index in [4.69, 9.17) is 16.2 Å². The predicted molar refractivity (Wildman–Crippen MR) is 84.9 cm³/mol.